The van der Waals surface area contributed by atoms with Crippen LogP contribution >= 0.6 is 31.9 Å². The van der Waals surface area contributed by atoms with Crippen molar-refractivity contribution in [2.24, 2.45) is 23.7 Å². The molecule has 1 aromatic carbocycles. The molecule has 6 nitrogen and oxygen atoms in total. The SMILES string of the molecule is O=C(CN1C(=O)[C@@H]2[C@H]3C[C@@H]([C@@H](Br)[C@H]3Br)[C@H]2C1=O)N1CCN(Cc2ccccc2)CC1. The summed E-state index contributed by atoms with van der Waals surface area (Å²) in [6.45, 7) is 3.63. The maximum Gasteiger partial charge on any atom is 0.242 e. The molecule has 6 atom stereocenters. The number of piperazine rings is 1. The largest absolute Gasteiger partial charge is 0.339 e. The lowest BCUT2D eigenvalue weighted by atomic mass is 9.81. The summed E-state index contributed by atoms with van der Waals surface area (Å²) in [5, 5.41) is 0. The molecule has 2 saturated carbocycles. The van der Waals surface area contributed by atoms with E-state index >= 15 is 0 Å². The third kappa shape index (κ3) is 3.35. The summed E-state index contributed by atoms with van der Waals surface area (Å²) in [5.74, 6) is -0.540. The van der Waals surface area contributed by atoms with E-state index in [9.17, 15) is 14.4 Å². The molecule has 3 amide bonds. The van der Waals surface area contributed by atoms with Gasteiger partial charge in [0.1, 0.15) is 6.54 Å². The van der Waals surface area contributed by atoms with Gasteiger partial charge in [0.15, 0.2) is 0 Å². The number of likely N-dealkylation sites (tertiary alicyclic amines) is 1. The van der Waals surface area contributed by atoms with Crippen molar-refractivity contribution in [3.05, 3.63) is 35.9 Å². The van der Waals surface area contributed by atoms with Gasteiger partial charge in [0, 0.05) is 42.4 Å². The summed E-state index contributed by atoms with van der Waals surface area (Å²) in [6.07, 6.45) is 0.907. The molecule has 1 aromatic rings. The Morgan fingerprint density at radius 3 is 2.03 bits per heavy atom. The minimum Gasteiger partial charge on any atom is -0.339 e. The van der Waals surface area contributed by atoms with Gasteiger partial charge in [-0.25, -0.2) is 0 Å². The molecule has 0 spiro atoms. The zero-order valence-electron chi connectivity index (χ0n) is 16.6. The number of rotatable bonds is 4. The molecule has 2 aliphatic carbocycles. The van der Waals surface area contributed by atoms with Crippen molar-refractivity contribution in [3.8, 4) is 0 Å². The second kappa shape index (κ2) is 8.02. The average Bonchev–Trinajstić information content (AvgIpc) is 3.36. The summed E-state index contributed by atoms with van der Waals surface area (Å²) in [7, 11) is 0. The van der Waals surface area contributed by atoms with Crippen LogP contribution in [0.4, 0.5) is 0 Å². The van der Waals surface area contributed by atoms with E-state index in [0.717, 1.165) is 26.1 Å². The number of nitrogens with zero attached hydrogens (tertiary/aromatic N) is 3. The third-order valence-corrected chi connectivity index (χ3v) is 10.6. The normalized spacial score (nSPS) is 35.9. The first-order chi connectivity index (χ1) is 14.5. The molecule has 2 saturated heterocycles. The van der Waals surface area contributed by atoms with E-state index in [1.165, 1.54) is 10.5 Å². The first kappa shape index (κ1) is 20.6. The van der Waals surface area contributed by atoms with Crippen molar-refractivity contribution in [1.29, 1.82) is 0 Å². The van der Waals surface area contributed by atoms with Crippen LogP contribution in [0.15, 0.2) is 30.3 Å². The number of carbonyl (C=O) groups excluding carboxylic acids is 3. The Kier molecular flexibility index (Phi) is 5.52. The van der Waals surface area contributed by atoms with E-state index in [4.69, 9.17) is 0 Å². The number of fused-ring (bicyclic) bond motifs is 5. The molecular weight excluding hydrogens is 514 g/mol. The van der Waals surface area contributed by atoms with Gasteiger partial charge in [-0.2, -0.15) is 0 Å². The topological polar surface area (TPSA) is 60.9 Å². The number of carbonyl (C=O) groups is 3. The van der Waals surface area contributed by atoms with Crippen LogP contribution in [0.5, 0.6) is 0 Å². The van der Waals surface area contributed by atoms with Crippen LogP contribution in [-0.4, -0.2) is 74.8 Å². The predicted molar refractivity (Wildman–Crippen MR) is 119 cm³/mol. The number of halogens is 2. The molecule has 0 aromatic heterocycles. The van der Waals surface area contributed by atoms with Crippen molar-refractivity contribution in [2.45, 2.75) is 22.6 Å². The van der Waals surface area contributed by atoms with Gasteiger partial charge in [-0.1, -0.05) is 62.2 Å². The van der Waals surface area contributed by atoms with E-state index in [1.54, 1.807) is 4.90 Å². The molecule has 0 unspecified atom stereocenters. The summed E-state index contributed by atoms with van der Waals surface area (Å²) in [5.41, 5.74) is 1.27. The fraction of sp³-hybridized carbons (Fsp3) is 0.591. The molecule has 2 bridgehead atoms. The van der Waals surface area contributed by atoms with E-state index in [2.05, 4.69) is 48.9 Å². The van der Waals surface area contributed by atoms with Crippen LogP contribution < -0.4 is 0 Å². The van der Waals surface area contributed by atoms with Crippen LogP contribution in [-0.2, 0) is 20.9 Å². The van der Waals surface area contributed by atoms with Crippen LogP contribution in [0.3, 0.4) is 0 Å². The smallest absolute Gasteiger partial charge is 0.242 e. The van der Waals surface area contributed by atoms with Crippen LogP contribution in [0.2, 0.25) is 0 Å². The quantitative estimate of drug-likeness (QED) is 0.435. The standard InChI is InChI=1S/C22H25Br2N3O3/c23-19-14-10-15(20(19)24)18-17(14)21(29)27(22(18)30)12-16(28)26-8-6-25(7-9-26)11-13-4-2-1-3-5-13/h1-5,14-15,17-20H,6-12H2/t14-,15-,17-,18-,19-,20+/m1/s1. The lowest BCUT2D eigenvalue weighted by Gasteiger charge is -2.35. The highest BCUT2D eigenvalue weighted by Crippen LogP contribution is 2.60. The van der Waals surface area contributed by atoms with Crippen LogP contribution in [0, 0.1) is 23.7 Å². The number of amides is 3. The fourth-order valence-corrected chi connectivity index (χ4v) is 7.67. The van der Waals surface area contributed by atoms with Crippen molar-refractivity contribution in [1.82, 2.24) is 14.7 Å². The molecule has 0 N–H and O–H groups in total. The Balaban J connectivity index is 1.18. The number of hydrogen-bond acceptors (Lipinski definition) is 4. The van der Waals surface area contributed by atoms with Gasteiger partial charge in [-0.3, -0.25) is 24.2 Å². The van der Waals surface area contributed by atoms with Gasteiger partial charge < -0.3 is 4.90 Å². The molecule has 2 aliphatic heterocycles. The molecule has 5 rings (SSSR count). The Morgan fingerprint density at radius 2 is 1.47 bits per heavy atom. The highest BCUT2D eigenvalue weighted by molar-refractivity contribution is 9.12. The van der Waals surface area contributed by atoms with Gasteiger partial charge in [0.05, 0.1) is 11.8 Å². The Bertz CT molecular complexity index is 826. The summed E-state index contributed by atoms with van der Waals surface area (Å²) < 4.78 is 0. The lowest BCUT2D eigenvalue weighted by Crippen LogP contribution is -2.51. The first-order valence-corrected chi connectivity index (χ1v) is 12.5. The summed E-state index contributed by atoms with van der Waals surface area (Å²) in [6, 6.07) is 10.3. The van der Waals surface area contributed by atoms with Crippen molar-refractivity contribution >= 4 is 49.6 Å². The minimum absolute atomic E-state index is 0.108. The monoisotopic (exact) mass is 537 g/mol. The van der Waals surface area contributed by atoms with Crippen molar-refractivity contribution < 1.29 is 14.4 Å². The van der Waals surface area contributed by atoms with Crippen molar-refractivity contribution in [3.63, 3.8) is 0 Å². The number of hydrogen-bond donors (Lipinski definition) is 0. The van der Waals surface area contributed by atoms with Crippen molar-refractivity contribution in [2.75, 3.05) is 32.7 Å². The molecule has 2 heterocycles. The van der Waals surface area contributed by atoms with Gasteiger partial charge in [0.25, 0.3) is 0 Å². The van der Waals surface area contributed by atoms with E-state index in [0.29, 0.717) is 13.1 Å². The van der Waals surface area contributed by atoms with Gasteiger partial charge in [-0.05, 0) is 23.8 Å². The Labute approximate surface area is 193 Å². The fourth-order valence-electron chi connectivity index (χ4n) is 5.80. The minimum atomic E-state index is -0.254. The highest BCUT2D eigenvalue weighted by atomic mass is 79.9. The third-order valence-electron chi connectivity index (χ3n) is 7.35. The van der Waals surface area contributed by atoms with Crippen LogP contribution in [0.25, 0.3) is 0 Å². The Morgan fingerprint density at radius 1 is 0.900 bits per heavy atom. The first-order valence-electron chi connectivity index (χ1n) is 10.6. The number of imide groups is 1. The molecule has 30 heavy (non-hydrogen) atoms. The van der Waals surface area contributed by atoms with E-state index in [1.807, 2.05) is 18.2 Å². The molecular formula is C22H25Br2N3O3. The number of alkyl halides is 2. The Hall–Kier alpha value is -1.25. The van der Waals surface area contributed by atoms with Crippen LogP contribution in [0.1, 0.15) is 12.0 Å². The lowest BCUT2D eigenvalue weighted by molar-refractivity contribution is -0.147. The molecule has 160 valence electrons. The maximum absolute atomic E-state index is 13.0. The zero-order valence-corrected chi connectivity index (χ0v) is 19.8. The van der Waals surface area contributed by atoms with Gasteiger partial charge in [-0.15, -0.1) is 0 Å². The molecule has 8 heteroatoms. The molecule has 0 radical (unpaired) electrons. The zero-order chi connectivity index (χ0) is 21.0. The van der Waals surface area contributed by atoms with E-state index < -0.39 is 0 Å². The predicted octanol–water partition coefficient (Wildman–Crippen LogP) is 2.11. The summed E-state index contributed by atoms with van der Waals surface area (Å²) >= 11 is 7.40. The molecule has 4 fully saturated rings. The number of benzene rings is 1. The van der Waals surface area contributed by atoms with Gasteiger partial charge in [0.2, 0.25) is 17.7 Å². The molecule has 4 aliphatic rings. The van der Waals surface area contributed by atoms with E-state index in [-0.39, 0.29) is 57.6 Å². The second-order valence-corrected chi connectivity index (χ2v) is 11.0. The maximum atomic E-state index is 13.0. The van der Waals surface area contributed by atoms with Gasteiger partial charge >= 0.3 is 0 Å². The average molecular weight is 539 g/mol. The highest BCUT2D eigenvalue weighted by Gasteiger charge is 2.66. The second-order valence-electron chi connectivity index (χ2n) is 8.91. The summed E-state index contributed by atoms with van der Waals surface area (Å²) in [4.78, 5) is 44.7.